The fourth-order valence-electron chi connectivity index (χ4n) is 1.94. The van der Waals surface area contributed by atoms with Gasteiger partial charge < -0.3 is 9.73 Å². The third-order valence-electron chi connectivity index (χ3n) is 2.94. The summed E-state index contributed by atoms with van der Waals surface area (Å²) in [4.78, 5) is 9.66. The number of furan rings is 1. The molecule has 3 rings (SSSR count). The van der Waals surface area contributed by atoms with Crippen molar-refractivity contribution in [1.82, 2.24) is 9.97 Å². The Morgan fingerprint density at radius 2 is 2.05 bits per heavy atom. The van der Waals surface area contributed by atoms with Gasteiger partial charge in [-0.1, -0.05) is 23.9 Å². The molecular weight excluding hydrogens is 282 g/mol. The Bertz CT molecular complexity index is 695. The van der Waals surface area contributed by atoms with Gasteiger partial charge in [0.2, 0.25) is 0 Å². The largest absolute Gasteiger partial charge is 0.469 e. The van der Waals surface area contributed by atoms with E-state index in [9.17, 15) is 0 Å². The summed E-state index contributed by atoms with van der Waals surface area (Å²) in [6.45, 7) is 2.92. The van der Waals surface area contributed by atoms with Crippen molar-refractivity contribution in [2.75, 3.05) is 11.9 Å². The quantitative estimate of drug-likeness (QED) is 0.760. The lowest BCUT2D eigenvalue weighted by Gasteiger charge is -2.04. The van der Waals surface area contributed by atoms with Crippen LogP contribution in [-0.4, -0.2) is 16.5 Å². The minimum Gasteiger partial charge on any atom is -0.469 e. The Morgan fingerprint density at radius 3 is 2.76 bits per heavy atom. The van der Waals surface area contributed by atoms with Crippen LogP contribution in [0.1, 0.15) is 6.92 Å². The highest BCUT2D eigenvalue weighted by Gasteiger charge is 2.07. The minimum absolute atomic E-state index is 0.862. The van der Waals surface area contributed by atoms with Gasteiger partial charge in [0.25, 0.3) is 0 Å². The second-order valence-electron chi connectivity index (χ2n) is 4.41. The highest BCUT2D eigenvalue weighted by molar-refractivity contribution is 7.99. The SMILES string of the molecule is CCNc1cocc1Sc1ccc(-c2cccnc2)cn1. The van der Waals surface area contributed by atoms with Gasteiger partial charge >= 0.3 is 0 Å². The summed E-state index contributed by atoms with van der Waals surface area (Å²) < 4.78 is 5.24. The fourth-order valence-corrected chi connectivity index (χ4v) is 2.74. The standard InChI is InChI=1S/C16H15N3OS/c1-2-18-14-10-20-11-15(14)21-16-6-5-13(9-19-16)12-4-3-7-17-8-12/h3-11,18H,2H2,1H3. The van der Waals surface area contributed by atoms with Crippen LogP contribution >= 0.6 is 11.8 Å². The van der Waals surface area contributed by atoms with Crippen LogP contribution in [0.4, 0.5) is 5.69 Å². The molecule has 4 nitrogen and oxygen atoms in total. The molecule has 0 saturated carbocycles. The highest BCUT2D eigenvalue weighted by atomic mass is 32.2. The van der Waals surface area contributed by atoms with Crippen LogP contribution < -0.4 is 5.32 Å². The van der Waals surface area contributed by atoms with Crippen molar-refractivity contribution < 1.29 is 4.42 Å². The van der Waals surface area contributed by atoms with Crippen molar-refractivity contribution in [3.05, 3.63) is 55.4 Å². The zero-order valence-corrected chi connectivity index (χ0v) is 12.4. The second kappa shape index (κ2) is 6.45. The van der Waals surface area contributed by atoms with Crippen molar-refractivity contribution in [3.63, 3.8) is 0 Å². The van der Waals surface area contributed by atoms with Crippen LogP contribution in [0.2, 0.25) is 0 Å². The lowest BCUT2D eigenvalue weighted by Crippen LogP contribution is -1.95. The molecule has 21 heavy (non-hydrogen) atoms. The van der Waals surface area contributed by atoms with Gasteiger partial charge in [0.1, 0.15) is 17.6 Å². The fraction of sp³-hybridized carbons (Fsp3) is 0.125. The van der Waals surface area contributed by atoms with E-state index < -0.39 is 0 Å². The summed E-state index contributed by atoms with van der Waals surface area (Å²) in [6, 6.07) is 8.01. The van der Waals surface area contributed by atoms with Crippen LogP contribution in [0.15, 0.2) is 69.7 Å². The van der Waals surface area contributed by atoms with Gasteiger partial charge in [-0.2, -0.15) is 0 Å². The number of nitrogens with zero attached hydrogens (tertiary/aromatic N) is 2. The van der Waals surface area contributed by atoms with E-state index in [1.54, 1.807) is 30.5 Å². The Kier molecular flexibility index (Phi) is 4.21. The summed E-state index contributed by atoms with van der Waals surface area (Å²) >= 11 is 1.58. The molecule has 0 aliphatic carbocycles. The van der Waals surface area contributed by atoms with Gasteiger partial charge in [0, 0.05) is 36.3 Å². The number of rotatable bonds is 5. The molecule has 0 spiro atoms. The van der Waals surface area contributed by atoms with E-state index in [2.05, 4.69) is 28.3 Å². The van der Waals surface area contributed by atoms with Crippen LogP contribution in [-0.2, 0) is 0 Å². The molecule has 0 bridgehead atoms. The maximum Gasteiger partial charge on any atom is 0.115 e. The molecule has 0 aromatic carbocycles. The lowest BCUT2D eigenvalue weighted by atomic mass is 10.1. The summed E-state index contributed by atoms with van der Waals surface area (Å²) in [5.74, 6) is 0. The van der Waals surface area contributed by atoms with Gasteiger partial charge in [0.05, 0.1) is 10.6 Å². The van der Waals surface area contributed by atoms with E-state index in [-0.39, 0.29) is 0 Å². The van der Waals surface area contributed by atoms with Crippen molar-refractivity contribution >= 4 is 17.4 Å². The zero-order chi connectivity index (χ0) is 14.5. The lowest BCUT2D eigenvalue weighted by molar-refractivity contribution is 0.562. The number of pyridine rings is 2. The van der Waals surface area contributed by atoms with E-state index >= 15 is 0 Å². The third kappa shape index (κ3) is 3.25. The Hall–Kier alpha value is -2.27. The molecule has 0 aliphatic rings. The Morgan fingerprint density at radius 1 is 1.14 bits per heavy atom. The van der Waals surface area contributed by atoms with Crippen LogP contribution in [0, 0.1) is 0 Å². The molecule has 0 unspecified atom stereocenters. The maximum atomic E-state index is 5.24. The first-order chi connectivity index (χ1) is 10.4. The molecule has 3 aromatic rings. The molecule has 1 N–H and O–H groups in total. The number of hydrogen-bond donors (Lipinski definition) is 1. The monoisotopic (exact) mass is 297 g/mol. The van der Waals surface area contributed by atoms with Gasteiger partial charge in [-0.05, 0) is 19.1 Å². The first-order valence-electron chi connectivity index (χ1n) is 6.71. The summed E-state index contributed by atoms with van der Waals surface area (Å²) in [6.07, 6.45) is 8.92. The van der Waals surface area contributed by atoms with Gasteiger partial charge in [-0.3, -0.25) is 4.98 Å². The minimum atomic E-state index is 0.862. The Labute approximate surface area is 127 Å². The summed E-state index contributed by atoms with van der Waals surface area (Å²) in [7, 11) is 0. The molecule has 3 heterocycles. The number of aromatic nitrogens is 2. The van der Waals surface area contributed by atoms with E-state index in [4.69, 9.17) is 4.42 Å². The third-order valence-corrected chi connectivity index (χ3v) is 3.93. The first-order valence-corrected chi connectivity index (χ1v) is 7.53. The Balaban J connectivity index is 1.77. The van der Waals surface area contributed by atoms with Crippen LogP contribution in [0.3, 0.4) is 0 Å². The average Bonchev–Trinajstić information content (AvgIpc) is 2.96. The molecular formula is C16H15N3OS. The highest BCUT2D eigenvalue weighted by Crippen LogP contribution is 2.33. The predicted molar refractivity (Wildman–Crippen MR) is 84.5 cm³/mol. The molecule has 3 aromatic heterocycles. The van der Waals surface area contributed by atoms with E-state index in [0.29, 0.717) is 0 Å². The van der Waals surface area contributed by atoms with Crippen molar-refractivity contribution in [3.8, 4) is 11.1 Å². The van der Waals surface area contributed by atoms with E-state index in [1.165, 1.54) is 0 Å². The average molecular weight is 297 g/mol. The number of hydrogen-bond acceptors (Lipinski definition) is 5. The number of nitrogens with one attached hydrogen (secondary N) is 1. The zero-order valence-electron chi connectivity index (χ0n) is 11.6. The van der Waals surface area contributed by atoms with Gasteiger partial charge in [0.15, 0.2) is 0 Å². The predicted octanol–water partition coefficient (Wildman–Crippen LogP) is 4.32. The van der Waals surface area contributed by atoms with E-state index in [0.717, 1.165) is 33.3 Å². The molecule has 0 aliphatic heterocycles. The van der Waals surface area contributed by atoms with E-state index in [1.807, 2.05) is 30.6 Å². The van der Waals surface area contributed by atoms with Crippen molar-refractivity contribution in [2.24, 2.45) is 0 Å². The van der Waals surface area contributed by atoms with Crippen LogP contribution in [0.5, 0.6) is 0 Å². The van der Waals surface area contributed by atoms with Gasteiger partial charge in [-0.25, -0.2) is 4.98 Å². The summed E-state index contributed by atoms with van der Waals surface area (Å²) in [5, 5.41) is 4.20. The normalized spacial score (nSPS) is 10.5. The second-order valence-corrected chi connectivity index (χ2v) is 5.47. The van der Waals surface area contributed by atoms with Crippen LogP contribution in [0.25, 0.3) is 11.1 Å². The van der Waals surface area contributed by atoms with Crippen molar-refractivity contribution in [1.29, 1.82) is 0 Å². The number of anilines is 1. The molecule has 106 valence electrons. The molecule has 0 radical (unpaired) electrons. The molecule has 0 fully saturated rings. The molecule has 5 heteroatoms. The summed E-state index contributed by atoms with van der Waals surface area (Å²) in [5.41, 5.74) is 3.13. The van der Waals surface area contributed by atoms with Crippen molar-refractivity contribution in [2.45, 2.75) is 16.8 Å². The topological polar surface area (TPSA) is 51.0 Å². The molecule has 0 amide bonds. The first kappa shape index (κ1) is 13.7. The molecule has 0 atom stereocenters. The van der Waals surface area contributed by atoms with Gasteiger partial charge in [-0.15, -0.1) is 0 Å². The molecule has 0 saturated heterocycles. The smallest absolute Gasteiger partial charge is 0.115 e. The maximum absolute atomic E-state index is 5.24.